The third-order valence-electron chi connectivity index (χ3n) is 3.54. The molecule has 1 N–H and O–H groups in total. The van der Waals surface area contributed by atoms with Gasteiger partial charge >= 0.3 is 0 Å². The van der Waals surface area contributed by atoms with Gasteiger partial charge in [-0.2, -0.15) is 0 Å². The molecule has 3 nitrogen and oxygen atoms in total. The minimum absolute atomic E-state index is 0.598. The average Bonchev–Trinajstić information content (AvgIpc) is 2.87. The second-order valence-electron chi connectivity index (χ2n) is 5.58. The average molecular weight is 271 g/mol. The van der Waals surface area contributed by atoms with Crippen molar-refractivity contribution in [3.8, 4) is 0 Å². The zero-order chi connectivity index (χ0) is 14.4. The Kier molecular flexibility index (Phi) is 5.36. The van der Waals surface area contributed by atoms with Crippen LogP contribution in [0.1, 0.15) is 49.9 Å². The summed E-state index contributed by atoms with van der Waals surface area (Å²) in [5.41, 5.74) is 3.98. The van der Waals surface area contributed by atoms with Crippen LogP contribution in [0, 0.1) is 0 Å². The molecule has 0 saturated heterocycles. The van der Waals surface area contributed by atoms with Crippen molar-refractivity contribution >= 4 is 0 Å². The van der Waals surface area contributed by atoms with Crippen molar-refractivity contribution in [2.24, 2.45) is 0 Å². The maximum atomic E-state index is 4.22. The number of nitrogens with zero attached hydrogens (tertiary/aromatic N) is 2. The van der Waals surface area contributed by atoms with Gasteiger partial charge in [-0.15, -0.1) is 0 Å². The number of aryl methyl sites for hydroxylation is 1. The van der Waals surface area contributed by atoms with Crippen LogP contribution in [0.4, 0.5) is 0 Å². The largest absolute Gasteiger partial charge is 0.333 e. The van der Waals surface area contributed by atoms with Crippen LogP contribution in [0.15, 0.2) is 36.8 Å². The van der Waals surface area contributed by atoms with Crippen molar-refractivity contribution in [2.75, 3.05) is 0 Å². The quantitative estimate of drug-likeness (QED) is 0.832. The monoisotopic (exact) mass is 271 g/mol. The topological polar surface area (TPSA) is 29.9 Å². The normalized spacial score (nSPS) is 11.2. The fraction of sp³-hybridized carbons (Fsp3) is 0.471. The lowest BCUT2D eigenvalue weighted by Gasteiger charge is -2.09. The second kappa shape index (κ2) is 7.25. The second-order valence-corrected chi connectivity index (χ2v) is 5.58. The van der Waals surface area contributed by atoms with Crippen LogP contribution >= 0.6 is 0 Å². The molecule has 0 spiro atoms. The first-order valence-corrected chi connectivity index (χ1v) is 7.49. The summed E-state index contributed by atoms with van der Waals surface area (Å²) < 4.78 is 2.22. The van der Waals surface area contributed by atoms with Gasteiger partial charge in [-0.05, 0) is 23.5 Å². The maximum Gasteiger partial charge on any atom is 0.0948 e. The number of nitrogens with one attached hydrogen (secondary N) is 1. The van der Waals surface area contributed by atoms with Gasteiger partial charge in [0.05, 0.1) is 12.0 Å². The molecule has 0 aliphatic rings. The van der Waals surface area contributed by atoms with Crippen molar-refractivity contribution in [1.29, 1.82) is 0 Å². The van der Waals surface area contributed by atoms with Crippen LogP contribution in [-0.4, -0.2) is 9.55 Å². The molecule has 0 unspecified atom stereocenters. The van der Waals surface area contributed by atoms with E-state index in [9.17, 15) is 0 Å². The summed E-state index contributed by atoms with van der Waals surface area (Å²) in [5.74, 6) is 0.598. The fourth-order valence-corrected chi connectivity index (χ4v) is 2.29. The summed E-state index contributed by atoms with van der Waals surface area (Å²) in [6.45, 7) is 9.44. The first kappa shape index (κ1) is 14.8. The molecular formula is C17H25N3. The maximum absolute atomic E-state index is 4.22. The summed E-state index contributed by atoms with van der Waals surface area (Å²) in [4.78, 5) is 4.22. The number of aromatic nitrogens is 2. The number of hydrogen-bond donors (Lipinski definition) is 1. The van der Waals surface area contributed by atoms with E-state index < -0.39 is 0 Å². The third-order valence-corrected chi connectivity index (χ3v) is 3.54. The molecule has 1 aromatic carbocycles. The smallest absolute Gasteiger partial charge is 0.0948 e. The highest BCUT2D eigenvalue weighted by Crippen LogP contribution is 2.14. The predicted octanol–water partition coefficient (Wildman–Crippen LogP) is 3.71. The van der Waals surface area contributed by atoms with Crippen molar-refractivity contribution in [3.63, 3.8) is 0 Å². The molecule has 0 fully saturated rings. The van der Waals surface area contributed by atoms with Crippen LogP contribution in [0.2, 0.25) is 0 Å². The van der Waals surface area contributed by atoms with Gasteiger partial charge in [0.2, 0.25) is 0 Å². The summed E-state index contributed by atoms with van der Waals surface area (Å²) in [6, 6.07) is 8.88. The van der Waals surface area contributed by atoms with E-state index >= 15 is 0 Å². The Labute approximate surface area is 122 Å². The van der Waals surface area contributed by atoms with Gasteiger partial charge in [0.25, 0.3) is 0 Å². The Morgan fingerprint density at radius 3 is 2.55 bits per heavy atom. The molecule has 1 aromatic heterocycles. The summed E-state index contributed by atoms with van der Waals surface area (Å²) in [5, 5.41) is 3.49. The molecule has 2 aromatic rings. The zero-order valence-corrected chi connectivity index (χ0v) is 12.8. The van der Waals surface area contributed by atoms with Gasteiger partial charge in [0, 0.05) is 25.8 Å². The molecule has 0 bridgehead atoms. The standard InChI is InChI=1S/C17H25N3/c1-4-9-20-13-19-12-17(20)11-18-10-15-5-7-16(8-6-15)14(2)3/h5-8,12-14,18H,4,9-11H2,1-3H3. The van der Waals surface area contributed by atoms with Crippen LogP contribution < -0.4 is 5.32 Å². The number of hydrogen-bond acceptors (Lipinski definition) is 2. The summed E-state index contributed by atoms with van der Waals surface area (Å²) in [6.07, 6.45) is 5.00. The van der Waals surface area contributed by atoms with Crippen molar-refractivity contribution in [3.05, 3.63) is 53.6 Å². The number of imidazole rings is 1. The van der Waals surface area contributed by atoms with Crippen molar-refractivity contribution in [1.82, 2.24) is 14.9 Å². The number of rotatable bonds is 7. The first-order chi connectivity index (χ1) is 9.70. The van der Waals surface area contributed by atoms with Crippen LogP contribution in [0.5, 0.6) is 0 Å². The SMILES string of the molecule is CCCn1cncc1CNCc1ccc(C(C)C)cc1. The fourth-order valence-electron chi connectivity index (χ4n) is 2.29. The highest BCUT2D eigenvalue weighted by Gasteiger charge is 2.02. The molecule has 108 valence electrons. The van der Waals surface area contributed by atoms with Gasteiger partial charge in [0.15, 0.2) is 0 Å². The predicted molar refractivity (Wildman–Crippen MR) is 83.6 cm³/mol. The van der Waals surface area contributed by atoms with E-state index in [1.807, 2.05) is 12.5 Å². The van der Waals surface area contributed by atoms with E-state index in [-0.39, 0.29) is 0 Å². The lowest BCUT2D eigenvalue weighted by Crippen LogP contribution is -2.15. The Morgan fingerprint density at radius 2 is 1.90 bits per heavy atom. The van der Waals surface area contributed by atoms with Gasteiger partial charge in [-0.3, -0.25) is 0 Å². The van der Waals surface area contributed by atoms with E-state index in [1.165, 1.54) is 16.8 Å². The van der Waals surface area contributed by atoms with Gasteiger partial charge in [-0.25, -0.2) is 4.98 Å². The molecule has 0 amide bonds. The van der Waals surface area contributed by atoms with Crippen molar-refractivity contribution in [2.45, 2.75) is 52.7 Å². The van der Waals surface area contributed by atoms with Gasteiger partial charge in [0.1, 0.15) is 0 Å². The van der Waals surface area contributed by atoms with E-state index in [4.69, 9.17) is 0 Å². The molecule has 0 radical (unpaired) electrons. The molecule has 20 heavy (non-hydrogen) atoms. The molecule has 0 aliphatic carbocycles. The number of benzene rings is 1. The van der Waals surface area contributed by atoms with Crippen molar-refractivity contribution < 1.29 is 0 Å². The molecule has 0 saturated carbocycles. The van der Waals surface area contributed by atoms with E-state index in [0.717, 1.165) is 26.1 Å². The highest BCUT2D eigenvalue weighted by molar-refractivity contribution is 5.24. The van der Waals surface area contributed by atoms with Crippen LogP contribution in [0.3, 0.4) is 0 Å². The molecule has 2 rings (SSSR count). The lowest BCUT2D eigenvalue weighted by molar-refractivity contribution is 0.601. The first-order valence-electron chi connectivity index (χ1n) is 7.49. The highest BCUT2D eigenvalue weighted by atomic mass is 15.1. The van der Waals surface area contributed by atoms with E-state index in [2.05, 4.69) is 59.9 Å². The Balaban J connectivity index is 1.84. The Bertz CT molecular complexity index is 511. The molecule has 3 heteroatoms. The summed E-state index contributed by atoms with van der Waals surface area (Å²) >= 11 is 0. The van der Waals surface area contributed by atoms with E-state index in [0.29, 0.717) is 5.92 Å². The van der Waals surface area contributed by atoms with Gasteiger partial charge < -0.3 is 9.88 Å². The van der Waals surface area contributed by atoms with Crippen LogP contribution in [0.25, 0.3) is 0 Å². The lowest BCUT2D eigenvalue weighted by atomic mass is 10.0. The molecule has 0 aliphatic heterocycles. The zero-order valence-electron chi connectivity index (χ0n) is 12.8. The van der Waals surface area contributed by atoms with Gasteiger partial charge in [-0.1, -0.05) is 45.0 Å². The third kappa shape index (κ3) is 3.94. The Morgan fingerprint density at radius 1 is 1.15 bits per heavy atom. The van der Waals surface area contributed by atoms with Crippen LogP contribution in [-0.2, 0) is 19.6 Å². The molecule has 1 heterocycles. The minimum atomic E-state index is 0.598. The van der Waals surface area contributed by atoms with E-state index in [1.54, 1.807) is 0 Å². The molecule has 0 atom stereocenters. The Hall–Kier alpha value is -1.61. The minimum Gasteiger partial charge on any atom is -0.333 e. The molecular weight excluding hydrogens is 246 g/mol. The summed E-state index contributed by atoms with van der Waals surface area (Å²) in [7, 11) is 0.